The van der Waals surface area contributed by atoms with Crippen LogP contribution < -0.4 is 10.6 Å². The van der Waals surface area contributed by atoms with Gasteiger partial charge in [0, 0.05) is 22.5 Å². The fourth-order valence-electron chi connectivity index (χ4n) is 3.65. The molecule has 0 fully saturated rings. The smallest absolute Gasteiger partial charge is 0.255 e. The Morgan fingerprint density at radius 1 is 0.559 bits per heavy atom. The summed E-state index contributed by atoms with van der Waals surface area (Å²) >= 11 is 0. The summed E-state index contributed by atoms with van der Waals surface area (Å²) in [6.45, 7) is 6.42. The first-order valence-corrected chi connectivity index (χ1v) is 11.3. The van der Waals surface area contributed by atoms with Crippen molar-refractivity contribution in [3.63, 3.8) is 0 Å². The zero-order chi connectivity index (χ0) is 24.1. The molecule has 0 saturated heterocycles. The summed E-state index contributed by atoms with van der Waals surface area (Å²) in [6.07, 6.45) is 0. The maximum absolute atomic E-state index is 12.7. The molecule has 170 valence electrons. The number of benzene rings is 4. The van der Waals surface area contributed by atoms with Crippen LogP contribution in [0.1, 0.15) is 47.1 Å². The van der Waals surface area contributed by atoms with Crippen LogP contribution in [-0.2, 0) is 5.41 Å². The number of anilines is 2. The van der Waals surface area contributed by atoms with Gasteiger partial charge in [-0.1, -0.05) is 81.4 Å². The Kier molecular flexibility index (Phi) is 6.60. The standard InChI is InChI=1S/C30H28N2O2/c1-30(2,3)25-18-16-24(17-19-25)29(34)32-27-11-7-10-26(20-27)31-28(33)23-14-12-22(13-15-23)21-8-5-4-6-9-21/h4-20H,1-3H3,(H,31,33)(H,32,34). The Bertz CT molecular complexity index is 1290. The van der Waals surface area contributed by atoms with E-state index in [0.717, 1.165) is 11.1 Å². The van der Waals surface area contributed by atoms with Crippen LogP contribution in [0.2, 0.25) is 0 Å². The van der Waals surface area contributed by atoms with Gasteiger partial charge in [-0.05, 0) is 64.6 Å². The second-order valence-corrected chi connectivity index (χ2v) is 9.26. The molecule has 4 aromatic carbocycles. The second kappa shape index (κ2) is 9.75. The van der Waals surface area contributed by atoms with Crippen molar-refractivity contribution in [3.05, 3.63) is 120 Å². The van der Waals surface area contributed by atoms with Gasteiger partial charge in [-0.15, -0.1) is 0 Å². The van der Waals surface area contributed by atoms with E-state index in [1.165, 1.54) is 5.56 Å². The number of carbonyl (C=O) groups excluding carboxylic acids is 2. The molecule has 2 amide bonds. The van der Waals surface area contributed by atoms with Crippen LogP contribution in [0.25, 0.3) is 11.1 Å². The topological polar surface area (TPSA) is 58.2 Å². The summed E-state index contributed by atoms with van der Waals surface area (Å²) < 4.78 is 0. The number of rotatable bonds is 5. The average Bonchev–Trinajstić information content (AvgIpc) is 2.84. The van der Waals surface area contributed by atoms with Crippen LogP contribution in [0.5, 0.6) is 0 Å². The maximum Gasteiger partial charge on any atom is 0.255 e. The number of carbonyl (C=O) groups is 2. The molecule has 4 heteroatoms. The third kappa shape index (κ3) is 5.59. The zero-order valence-electron chi connectivity index (χ0n) is 19.6. The van der Waals surface area contributed by atoms with Crippen LogP contribution >= 0.6 is 0 Å². The van der Waals surface area contributed by atoms with E-state index in [-0.39, 0.29) is 17.2 Å². The van der Waals surface area contributed by atoms with Crippen LogP contribution in [0.4, 0.5) is 11.4 Å². The summed E-state index contributed by atoms with van der Waals surface area (Å²) in [4.78, 5) is 25.4. The van der Waals surface area contributed by atoms with E-state index >= 15 is 0 Å². The minimum absolute atomic E-state index is 0.0312. The van der Waals surface area contributed by atoms with Gasteiger partial charge in [-0.3, -0.25) is 9.59 Å². The highest BCUT2D eigenvalue weighted by Gasteiger charge is 2.14. The highest BCUT2D eigenvalue weighted by Crippen LogP contribution is 2.23. The fraction of sp³-hybridized carbons (Fsp3) is 0.133. The first-order chi connectivity index (χ1) is 16.3. The number of hydrogen-bond donors (Lipinski definition) is 2. The van der Waals surface area contributed by atoms with Crippen molar-refractivity contribution in [3.8, 4) is 11.1 Å². The monoisotopic (exact) mass is 448 g/mol. The Labute approximate surface area is 200 Å². The van der Waals surface area contributed by atoms with Crippen molar-refractivity contribution in [2.45, 2.75) is 26.2 Å². The summed E-state index contributed by atoms with van der Waals surface area (Å²) in [5.74, 6) is -0.402. The van der Waals surface area contributed by atoms with E-state index in [9.17, 15) is 9.59 Å². The van der Waals surface area contributed by atoms with Crippen molar-refractivity contribution < 1.29 is 9.59 Å². The first-order valence-electron chi connectivity index (χ1n) is 11.3. The summed E-state index contributed by atoms with van der Waals surface area (Å²) in [5, 5.41) is 5.81. The normalized spacial score (nSPS) is 11.0. The maximum atomic E-state index is 12.7. The molecule has 2 N–H and O–H groups in total. The van der Waals surface area contributed by atoms with E-state index in [4.69, 9.17) is 0 Å². The third-order valence-electron chi connectivity index (χ3n) is 5.65. The predicted octanol–water partition coefficient (Wildman–Crippen LogP) is 7.16. The molecule has 0 unspecified atom stereocenters. The van der Waals surface area contributed by atoms with Crippen molar-refractivity contribution in [2.75, 3.05) is 10.6 Å². The van der Waals surface area contributed by atoms with Gasteiger partial charge >= 0.3 is 0 Å². The van der Waals surface area contributed by atoms with E-state index in [0.29, 0.717) is 22.5 Å². The van der Waals surface area contributed by atoms with Crippen LogP contribution in [-0.4, -0.2) is 11.8 Å². The van der Waals surface area contributed by atoms with Gasteiger partial charge in [0.05, 0.1) is 0 Å². The van der Waals surface area contributed by atoms with Crippen LogP contribution in [0.15, 0.2) is 103 Å². The largest absolute Gasteiger partial charge is 0.322 e. The number of nitrogens with one attached hydrogen (secondary N) is 2. The number of hydrogen-bond acceptors (Lipinski definition) is 2. The molecule has 0 radical (unpaired) electrons. The van der Waals surface area contributed by atoms with Gasteiger partial charge in [0.1, 0.15) is 0 Å². The lowest BCUT2D eigenvalue weighted by Crippen LogP contribution is -2.15. The van der Waals surface area contributed by atoms with Gasteiger partial charge < -0.3 is 10.6 Å². The Morgan fingerprint density at radius 3 is 1.53 bits per heavy atom. The van der Waals surface area contributed by atoms with Gasteiger partial charge in [-0.2, -0.15) is 0 Å². The molecular formula is C30H28N2O2. The number of amides is 2. The van der Waals surface area contributed by atoms with Gasteiger partial charge in [0.2, 0.25) is 0 Å². The molecule has 4 aromatic rings. The van der Waals surface area contributed by atoms with Gasteiger partial charge in [0.15, 0.2) is 0 Å². The molecular weight excluding hydrogens is 420 g/mol. The molecule has 0 aliphatic heterocycles. The van der Waals surface area contributed by atoms with Gasteiger partial charge in [-0.25, -0.2) is 0 Å². The third-order valence-corrected chi connectivity index (χ3v) is 5.65. The molecule has 0 bridgehead atoms. The molecule has 0 aliphatic carbocycles. The van der Waals surface area contributed by atoms with Crippen molar-refractivity contribution >= 4 is 23.2 Å². The summed E-state index contributed by atoms with van der Waals surface area (Å²) in [6, 6.07) is 32.3. The van der Waals surface area contributed by atoms with E-state index in [1.807, 2.05) is 78.9 Å². The average molecular weight is 449 g/mol. The Hall–Kier alpha value is -4.18. The zero-order valence-corrected chi connectivity index (χ0v) is 19.6. The lowest BCUT2D eigenvalue weighted by atomic mass is 9.87. The molecule has 0 saturated carbocycles. The quantitative estimate of drug-likeness (QED) is 0.340. The van der Waals surface area contributed by atoms with Crippen molar-refractivity contribution in [1.82, 2.24) is 0 Å². The van der Waals surface area contributed by atoms with Crippen molar-refractivity contribution in [2.24, 2.45) is 0 Å². The molecule has 0 aliphatic rings. The molecule has 0 aromatic heterocycles. The highest BCUT2D eigenvalue weighted by molar-refractivity contribution is 6.06. The molecule has 34 heavy (non-hydrogen) atoms. The lowest BCUT2D eigenvalue weighted by molar-refractivity contribution is 0.101. The Morgan fingerprint density at radius 2 is 1.03 bits per heavy atom. The Balaban J connectivity index is 1.41. The molecule has 4 nitrogen and oxygen atoms in total. The molecule has 0 atom stereocenters. The highest BCUT2D eigenvalue weighted by atomic mass is 16.2. The second-order valence-electron chi connectivity index (χ2n) is 9.26. The SMILES string of the molecule is CC(C)(C)c1ccc(C(=O)Nc2cccc(NC(=O)c3ccc(-c4ccccc4)cc3)c2)cc1. The first kappa shape index (κ1) is 23.0. The van der Waals surface area contributed by atoms with E-state index < -0.39 is 0 Å². The predicted molar refractivity (Wildman–Crippen MR) is 139 cm³/mol. The van der Waals surface area contributed by atoms with E-state index in [1.54, 1.807) is 24.3 Å². The fourth-order valence-corrected chi connectivity index (χ4v) is 3.65. The van der Waals surface area contributed by atoms with E-state index in [2.05, 4.69) is 31.4 Å². The lowest BCUT2D eigenvalue weighted by Gasteiger charge is -2.19. The van der Waals surface area contributed by atoms with Crippen LogP contribution in [0, 0.1) is 0 Å². The molecule has 0 spiro atoms. The summed E-state index contributed by atoms with van der Waals surface area (Å²) in [7, 11) is 0. The minimum Gasteiger partial charge on any atom is -0.322 e. The van der Waals surface area contributed by atoms with Gasteiger partial charge in [0.25, 0.3) is 11.8 Å². The molecule has 0 heterocycles. The minimum atomic E-state index is -0.208. The van der Waals surface area contributed by atoms with Crippen LogP contribution in [0.3, 0.4) is 0 Å². The van der Waals surface area contributed by atoms with Crippen molar-refractivity contribution in [1.29, 1.82) is 0 Å². The molecule has 4 rings (SSSR count). The summed E-state index contributed by atoms with van der Waals surface area (Å²) in [5.41, 5.74) is 5.73.